The van der Waals surface area contributed by atoms with Gasteiger partial charge in [0.25, 0.3) is 0 Å². The molecule has 1 saturated carbocycles. The molecular weight excluding hydrogens is 292 g/mol. The van der Waals surface area contributed by atoms with Gasteiger partial charge in [-0.05, 0) is 74.7 Å². The summed E-state index contributed by atoms with van der Waals surface area (Å²) in [4.78, 5) is 4.36. The van der Waals surface area contributed by atoms with E-state index in [4.69, 9.17) is 0 Å². The van der Waals surface area contributed by atoms with E-state index in [1.54, 1.807) is 0 Å². The molecule has 0 N–H and O–H groups in total. The average molecular weight is 327 g/mol. The lowest BCUT2D eigenvalue weighted by atomic mass is 9.77. The predicted octanol–water partition coefficient (Wildman–Crippen LogP) is 5.00. The Morgan fingerprint density at radius 2 is 1.67 bits per heavy atom. The number of benzene rings is 1. The Morgan fingerprint density at radius 3 is 2.17 bits per heavy atom. The lowest BCUT2D eigenvalue weighted by Crippen LogP contribution is -2.16. The maximum Gasteiger partial charge on any atom is 0.0247 e. The SMILES string of the molecule is C=CC[C@H]1CC[C@H](c2ccc(C(=CN(C)C)CN(C)C)cc2)CC1. The van der Waals surface area contributed by atoms with E-state index in [2.05, 4.69) is 81.1 Å². The molecule has 1 aromatic carbocycles. The molecule has 0 aliphatic heterocycles. The summed E-state index contributed by atoms with van der Waals surface area (Å²) in [7, 11) is 8.43. The Morgan fingerprint density at radius 1 is 1.04 bits per heavy atom. The zero-order valence-corrected chi connectivity index (χ0v) is 16.0. The van der Waals surface area contributed by atoms with E-state index in [9.17, 15) is 0 Å². The van der Waals surface area contributed by atoms with E-state index in [0.29, 0.717) is 0 Å². The molecule has 1 aliphatic rings. The van der Waals surface area contributed by atoms with Crippen LogP contribution >= 0.6 is 0 Å². The molecule has 2 rings (SSSR count). The zero-order chi connectivity index (χ0) is 17.5. The minimum absolute atomic E-state index is 0.746. The summed E-state index contributed by atoms with van der Waals surface area (Å²) in [6.07, 6.45) is 10.9. The van der Waals surface area contributed by atoms with Gasteiger partial charge in [-0.2, -0.15) is 0 Å². The van der Waals surface area contributed by atoms with Gasteiger partial charge in [0, 0.05) is 26.8 Å². The van der Waals surface area contributed by atoms with Crippen molar-refractivity contribution in [2.45, 2.75) is 38.0 Å². The smallest absolute Gasteiger partial charge is 0.0247 e. The van der Waals surface area contributed by atoms with Gasteiger partial charge in [-0.15, -0.1) is 6.58 Å². The van der Waals surface area contributed by atoms with E-state index in [1.807, 2.05) is 0 Å². The van der Waals surface area contributed by atoms with Crippen LogP contribution in [-0.2, 0) is 0 Å². The Labute approximate surface area is 148 Å². The fourth-order valence-electron chi connectivity index (χ4n) is 3.80. The molecule has 0 bridgehead atoms. The van der Waals surface area contributed by atoms with Crippen LogP contribution in [0.2, 0.25) is 0 Å². The number of rotatable bonds is 7. The lowest BCUT2D eigenvalue weighted by Gasteiger charge is -2.28. The quantitative estimate of drug-likeness (QED) is 0.651. The summed E-state index contributed by atoms with van der Waals surface area (Å²) in [5.41, 5.74) is 4.22. The largest absolute Gasteiger partial charge is 0.383 e. The molecule has 0 saturated heterocycles. The lowest BCUT2D eigenvalue weighted by molar-refractivity contribution is 0.328. The second-order valence-electron chi connectivity index (χ2n) is 7.72. The first-order valence-electron chi connectivity index (χ1n) is 9.22. The molecule has 24 heavy (non-hydrogen) atoms. The highest BCUT2D eigenvalue weighted by atomic mass is 15.1. The van der Waals surface area contributed by atoms with Gasteiger partial charge in [-0.3, -0.25) is 0 Å². The molecule has 1 aliphatic carbocycles. The van der Waals surface area contributed by atoms with Crippen LogP contribution in [-0.4, -0.2) is 44.5 Å². The Bertz CT molecular complexity index is 532. The van der Waals surface area contributed by atoms with Gasteiger partial charge in [-0.25, -0.2) is 0 Å². The van der Waals surface area contributed by atoms with Gasteiger partial charge in [0.2, 0.25) is 0 Å². The molecule has 0 unspecified atom stereocenters. The summed E-state index contributed by atoms with van der Waals surface area (Å²) in [5, 5.41) is 0. The van der Waals surface area contributed by atoms with Gasteiger partial charge in [0.05, 0.1) is 0 Å². The van der Waals surface area contributed by atoms with Crippen LogP contribution in [0.25, 0.3) is 5.57 Å². The molecular formula is C22H34N2. The molecule has 132 valence electrons. The van der Waals surface area contributed by atoms with Crippen molar-refractivity contribution in [3.63, 3.8) is 0 Å². The summed E-state index contributed by atoms with van der Waals surface area (Å²) >= 11 is 0. The fourth-order valence-corrected chi connectivity index (χ4v) is 3.80. The molecule has 2 heteroatoms. The number of hydrogen-bond donors (Lipinski definition) is 0. The van der Waals surface area contributed by atoms with Gasteiger partial charge in [0.1, 0.15) is 0 Å². The Hall–Kier alpha value is -1.54. The molecule has 0 spiro atoms. The first kappa shape index (κ1) is 18.8. The van der Waals surface area contributed by atoms with E-state index in [-0.39, 0.29) is 0 Å². The van der Waals surface area contributed by atoms with E-state index in [0.717, 1.165) is 18.4 Å². The minimum atomic E-state index is 0.746. The fraction of sp³-hybridized carbons (Fsp3) is 0.545. The van der Waals surface area contributed by atoms with Crippen molar-refractivity contribution in [1.29, 1.82) is 0 Å². The van der Waals surface area contributed by atoms with Crippen LogP contribution in [0.1, 0.15) is 49.1 Å². The Kier molecular flexibility index (Phi) is 7.11. The van der Waals surface area contributed by atoms with Crippen molar-refractivity contribution in [2.24, 2.45) is 5.92 Å². The minimum Gasteiger partial charge on any atom is -0.383 e. The average Bonchev–Trinajstić information content (AvgIpc) is 2.55. The van der Waals surface area contributed by atoms with Crippen LogP contribution in [0.3, 0.4) is 0 Å². The van der Waals surface area contributed by atoms with Crippen LogP contribution < -0.4 is 0 Å². The van der Waals surface area contributed by atoms with Crippen LogP contribution in [0.4, 0.5) is 0 Å². The molecule has 0 radical (unpaired) electrons. The highest BCUT2D eigenvalue weighted by Gasteiger charge is 2.21. The van der Waals surface area contributed by atoms with Crippen LogP contribution in [0, 0.1) is 5.92 Å². The molecule has 1 fully saturated rings. The summed E-state index contributed by atoms with van der Waals surface area (Å²) in [6.45, 7) is 4.85. The van der Waals surface area contributed by atoms with E-state index in [1.165, 1.54) is 48.8 Å². The molecule has 0 atom stereocenters. The highest BCUT2D eigenvalue weighted by molar-refractivity contribution is 5.66. The maximum atomic E-state index is 3.89. The van der Waals surface area contributed by atoms with Gasteiger partial charge in [-0.1, -0.05) is 30.3 Å². The van der Waals surface area contributed by atoms with Crippen molar-refractivity contribution in [3.05, 3.63) is 54.2 Å². The van der Waals surface area contributed by atoms with Gasteiger partial charge < -0.3 is 9.80 Å². The third kappa shape index (κ3) is 5.52. The first-order chi connectivity index (χ1) is 11.5. The van der Waals surface area contributed by atoms with Crippen molar-refractivity contribution in [1.82, 2.24) is 9.80 Å². The number of likely N-dealkylation sites (N-methyl/N-ethyl adjacent to an activating group) is 1. The van der Waals surface area contributed by atoms with E-state index < -0.39 is 0 Å². The highest BCUT2D eigenvalue weighted by Crippen LogP contribution is 2.37. The summed E-state index contributed by atoms with van der Waals surface area (Å²) in [6, 6.07) is 9.33. The van der Waals surface area contributed by atoms with Crippen LogP contribution in [0.5, 0.6) is 0 Å². The molecule has 1 aromatic rings. The van der Waals surface area contributed by atoms with Crippen molar-refractivity contribution >= 4 is 5.57 Å². The van der Waals surface area contributed by atoms with Gasteiger partial charge >= 0.3 is 0 Å². The summed E-state index contributed by atoms with van der Waals surface area (Å²) < 4.78 is 0. The third-order valence-electron chi connectivity index (χ3n) is 5.00. The maximum absolute atomic E-state index is 3.89. The molecule has 0 amide bonds. The standard InChI is InChI=1S/C22H34N2/c1-6-7-18-8-10-19(11-9-18)20-12-14-21(15-13-20)22(16-23(2)3)17-24(4)5/h6,12-16,18-19H,1,7-11,17H2,2-5H3/t18-,19-. The zero-order valence-electron chi connectivity index (χ0n) is 16.0. The third-order valence-corrected chi connectivity index (χ3v) is 5.00. The van der Waals surface area contributed by atoms with Crippen molar-refractivity contribution in [3.8, 4) is 0 Å². The summed E-state index contributed by atoms with van der Waals surface area (Å²) in [5.74, 6) is 1.61. The second-order valence-corrected chi connectivity index (χ2v) is 7.72. The topological polar surface area (TPSA) is 6.48 Å². The molecule has 0 heterocycles. The normalized spacial score (nSPS) is 21.8. The number of allylic oxidation sites excluding steroid dienone is 1. The van der Waals surface area contributed by atoms with Crippen molar-refractivity contribution < 1.29 is 0 Å². The van der Waals surface area contributed by atoms with Crippen LogP contribution in [0.15, 0.2) is 43.1 Å². The molecule has 2 nitrogen and oxygen atoms in total. The van der Waals surface area contributed by atoms with Gasteiger partial charge in [0.15, 0.2) is 0 Å². The molecule has 0 aromatic heterocycles. The first-order valence-corrected chi connectivity index (χ1v) is 9.22. The monoisotopic (exact) mass is 326 g/mol. The number of hydrogen-bond acceptors (Lipinski definition) is 2. The Balaban J connectivity index is 2.05. The number of nitrogens with zero attached hydrogens (tertiary/aromatic N) is 2. The van der Waals surface area contributed by atoms with Crippen molar-refractivity contribution in [2.75, 3.05) is 34.7 Å². The predicted molar refractivity (Wildman–Crippen MR) is 106 cm³/mol. The second kappa shape index (κ2) is 9.08. The van der Waals surface area contributed by atoms with E-state index >= 15 is 0 Å².